The molecule has 7 nitrogen and oxygen atoms in total. The summed E-state index contributed by atoms with van der Waals surface area (Å²) in [5.74, 6) is 0. The van der Waals surface area contributed by atoms with Gasteiger partial charge in [-0.2, -0.15) is 0 Å². The normalized spacial score (nSPS) is 11.8. The van der Waals surface area contributed by atoms with Crippen molar-refractivity contribution in [2.24, 2.45) is 0 Å². The number of carbonyl (C=O) groups excluding carboxylic acids is 1. The third-order valence-electron chi connectivity index (χ3n) is 3.70. The van der Waals surface area contributed by atoms with Gasteiger partial charge in [-0.25, -0.2) is 9.78 Å². The molecule has 1 aromatic carbocycles. The molecule has 1 heterocycles. The highest BCUT2D eigenvalue weighted by Gasteiger charge is 2.39. The Hall–Kier alpha value is -1.74. The largest absolute Gasteiger partial charge is 0.500 e. The quantitative estimate of drug-likeness (QED) is 0.517. The van der Waals surface area contributed by atoms with Crippen LogP contribution >= 0.6 is 0 Å². The minimum atomic E-state index is -2.65. The third kappa shape index (κ3) is 5.11. The van der Waals surface area contributed by atoms with E-state index in [0.29, 0.717) is 32.4 Å². The van der Waals surface area contributed by atoms with Crippen LogP contribution in [0.1, 0.15) is 27.2 Å². The molecule has 0 unspecified atom stereocenters. The van der Waals surface area contributed by atoms with E-state index in [1.807, 2.05) is 45.0 Å². The van der Waals surface area contributed by atoms with Gasteiger partial charge in [0.05, 0.1) is 11.0 Å². The smallest absolute Gasteiger partial charge is 0.374 e. The summed E-state index contributed by atoms with van der Waals surface area (Å²) in [5.41, 5.74) is 1.59. The minimum Gasteiger partial charge on any atom is -0.374 e. The van der Waals surface area contributed by atoms with Crippen LogP contribution in [-0.4, -0.2) is 50.8 Å². The molecule has 0 aliphatic rings. The number of hydrogen-bond acceptors (Lipinski definition) is 5. The Morgan fingerprint density at radius 2 is 1.76 bits per heavy atom. The molecule has 1 N–H and O–H groups in total. The van der Waals surface area contributed by atoms with Crippen LogP contribution in [0.25, 0.3) is 11.0 Å². The van der Waals surface area contributed by atoms with Gasteiger partial charge < -0.3 is 18.6 Å². The van der Waals surface area contributed by atoms with E-state index in [0.717, 1.165) is 17.5 Å². The fraction of sp³-hybridized carbons (Fsp3) is 0.529. The van der Waals surface area contributed by atoms with Gasteiger partial charge in [-0.05, 0) is 39.3 Å². The van der Waals surface area contributed by atoms with Gasteiger partial charge in [-0.1, -0.05) is 12.1 Å². The van der Waals surface area contributed by atoms with E-state index < -0.39 is 8.80 Å². The van der Waals surface area contributed by atoms with Crippen molar-refractivity contribution in [3.8, 4) is 0 Å². The second-order valence-corrected chi connectivity index (χ2v) is 8.15. The van der Waals surface area contributed by atoms with Crippen LogP contribution in [0.3, 0.4) is 0 Å². The first-order valence-corrected chi connectivity index (χ1v) is 10.7. The maximum absolute atomic E-state index is 12.4. The van der Waals surface area contributed by atoms with Crippen molar-refractivity contribution in [1.82, 2.24) is 14.9 Å². The molecule has 0 aliphatic heterocycles. The number of nitrogens with zero attached hydrogens (tertiary/aromatic N) is 2. The summed E-state index contributed by atoms with van der Waals surface area (Å²) in [6.07, 6.45) is 2.27. The number of fused-ring (bicyclic) bond motifs is 1. The molecule has 0 fully saturated rings. The number of nitrogens with one attached hydrogen (secondary N) is 1. The summed E-state index contributed by atoms with van der Waals surface area (Å²) in [7, 11) is -2.65. The predicted molar refractivity (Wildman–Crippen MR) is 98.6 cm³/mol. The highest BCUT2D eigenvalue weighted by atomic mass is 28.4. The van der Waals surface area contributed by atoms with E-state index in [-0.39, 0.29) is 6.03 Å². The van der Waals surface area contributed by atoms with Crippen LogP contribution in [0.2, 0.25) is 6.04 Å². The van der Waals surface area contributed by atoms with E-state index in [1.54, 1.807) is 6.33 Å². The van der Waals surface area contributed by atoms with Crippen LogP contribution < -0.4 is 5.32 Å². The zero-order chi connectivity index (χ0) is 18.1. The predicted octanol–water partition coefficient (Wildman–Crippen LogP) is 3.03. The van der Waals surface area contributed by atoms with Gasteiger partial charge in [0.25, 0.3) is 0 Å². The second kappa shape index (κ2) is 9.67. The molecule has 1 aromatic heterocycles. The van der Waals surface area contributed by atoms with Gasteiger partial charge in [0.15, 0.2) is 0 Å². The minimum absolute atomic E-state index is 0.190. The fourth-order valence-electron chi connectivity index (χ4n) is 2.71. The van der Waals surface area contributed by atoms with Crippen molar-refractivity contribution in [1.29, 1.82) is 0 Å². The Balaban J connectivity index is 1.89. The summed E-state index contributed by atoms with van der Waals surface area (Å²) in [4.78, 5) is 16.6. The van der Waals surface area contributed by atoms with Crippen molar-refractivity contribution in [3.63, 3.8) is 0 Å². The van der Waals surface area contributed by atoms with Crippen molar-refractivity contribution in [2.45, 2.75) is 33.2 Å². The molecular weight excluding hydrogens is 338 g/mol. The SMILES string of the molecule is CCO[Si](CCCNC(=O)n1cnc2ccccc21)(OCC)OCC. The number of amides is 1. The Kier molecular flexibility index (Phi) is 7.57. The molecule has 1 amide bonds. The molecule has 2 rings (SSSR count). The van der Waals surface area contributed by atoms with Gasteiger partial charge >= 0.3 is 14.8 Å². The van der Waals surface area contributed by atoms with Crippen molar-refractivity contribution in [3.05, 3.63) is 30.6 Å². The Labute approximate surface area is 149 Å². The Morgan fingerprint density at radius 1 is 1.12 bits per heavy atom. The zero-order valence-electron chi connectivity index (χ0n) is 15.2. The molecular formula is C17H27N3O4Si. The molecule has 0 radical (unpaired) electrons. The van der Waals surface area contributed by atoms with Crippen LogP contribution in [0.5, 0.6) is 0 Å². The first kappa shape index (κ1) is 19.6. The van der Waals surface area contributed by atoms with E-state index >= 15 is 0 Å². The van der Waals surface area contributed by atoms with Crippen molar-refractivity contribution >= 4 is 25.9 Å². The molecule has 0 aliphatic carbocycles. The van der Waals surface area contributed by atoms with Crippen LogP contribution in [0, 0.1) is 0 Å². The molecule has 0 bridgehead atoms. The fourth-order valence-corrected chi connectivity index (χ4v) is 5.32. The molecule has 0 atom stereocenters. The topological polar surface area (TPSA) is 74.6 Å². The summed E-state index contributed by atoms with van der Waals surface area (Å²) in [6.45, 7) is 8.00. The van der Waals surface area contributed by atoms with Crippen LogP contribution in [0.4, 0.5) is 4.79 Å². The lowest BCUT2D eigenvalue weighted by Crippen LogP contribution is -2.46. The van der Waals surface area contributed by atoms with Gasteiger partial charge in [0, 0.05) is 32.4 Å². The molecule has 0 saturated carbocycles. The molecule has 2 aromatic rings. The first-order chi connectivity index (χ1) is 12.2. The highest BCUT2D eigenvalue weighted by Crippen LogP contribution is 2.18. The number of aromatic nitrogens is 2. The Morgan fingerprint density at radius 3 is 2.40 bits per heavy atom. The van der Waals surface area contributed by atoms with Gasteiger partial charge in [0.1, 0.15) is 6.33 Å². The second-order valence-electron chi connectivity index (χ2n) is 5.42. The van der Waals surface area contributed by atoms with Gasteiger partial charge in [-0.3, -0.25) is 4.57 Å². The Bertz CT molecular complexity index is 660. The zero-order valence-corrected chi connectivity index (χ0v) is 16.2. The number of para-hydroxylation sites is 2. The third-order valence-corrected chi connectivity index (χ3v) is 6.85. The van der Waals surface area contributed by atoms with E-state index in [9.17, 15) is 4.79 Å². The lowest BCUT2D eigenvalue weighted by atomic mass is 10.3. The van der Waals surface area contributed by atoms with E-state index in [1.165, 1.54) is 4.57 Å². The molecule has 0 saturated heterocycles. The summed E-state index contributed by atoms with van der Waals surface area (Å²) < 4.78 is 19.0. The first-order valence-electron chi connectivity index (χ1n) is 8.78. The summed E-state index contributed by atoms with van der Waals surface area (Å²) in [6, 6.07) is 8.03. The van der Waals surface area contributed by atoms with Crippen molar-refractivity contribution < 1.29 is 18.1 Å². The lowest BCUT2D eigenvalue weighted by Gasteiger charge is -2.28. The average Bonchev–Trinajstić information content (AvgIpc) is 3.03. The van der Waals surface area contributed by atoms with Crippen LogP contribution in [-0.2, 0) is 13.3 Å². The van der Waals surface area contributed by atoms with Gasteiger partial charge in [0.2, 0.25) is 0 Å². The standard InChI is InChI=1S/C17H27N3O4Si/c1-4-22-25(23-5-2,24-6-3)13-9-12-18-17(21)20-14-19-15-10-7-8-11-16(15)20/h7-8,10-11,14H,4-6,9,12-13H2,1-3H3,(H,18,21). The molecule has 138 valence electrons. The van der Waals surface area contributed by atoms with E-state index in [2.05, 4.69) is 10.3 Å². The monoisotopic (exact) mass is 365 g/mol. The lowest BCUT2D eigenvalue weighted by molar-refractivity contribution is 0.0708. The number of imidazole rings is 1. The highest BCUT2D eigenvalue weighted by molar-refractivity contribution is 6.60. The number of benzene rings is 1. The van der Waals surface area contributed by atoms with Gasteiger partial charge in [-0.15, -0.1) is 0 Å². The maximum Gasteiger partial charge on any atom is 0.500 e. The van der Waals surface area contributed by atoms with Crippen molar-refractivity contribution in [2.75, 3.05) is 26.4 Å². The van der Waals surface area contributed by atoms with E-state index in [4.69, 9.17) is 13.3 Å². The molecule has 25 heavy (non-hydrogen) atoms. The maximum atomic E-state index is 12.4. The van der Waals surface area contributed by atoms with Crippen LogP contribution in [0.15, 0.2) is 30.6 Å². The average molecular weight is 366 g/mol. The molecule has 8 heteroatoms. The number of hydrogen-bond donors (Lipinski definition) is 1. The molecule has 0 spiro atoms. The number of carbonyl (C=O) groups is 1. The summed E-state index contributed by atoms with van der Waals surface area (Å²) in [5, 5.41) is 2.92. The number of rotatable bonds is 10. The summed E-state index contributed by atoms with van der Waals surface area (Å²) >= 11 is 0.